The van der Waals surface area contributed by atoms with Crippen molar-refractivity contribution in [2.24, 2.45) is 0 Å². The van der Waals surface area contributed by atoms with Gasteiger partial charge in [0.15, 0.2) is 0 Å². The van der Waals surface area contributed by atoms with Crippen molar-refractivity contribution in [3.8, 4) is 0 Å². The van der Waals surface area contributed by atoms with Gasteiger partial charge in [0.05, 0.1) is 12.2 Å². The van der Waals surface area contributed by atoms with Crippen molar-refractivity contribution in [1.29, 1.82) is 0 Å². The van der Waals surface area contributed by atoms with E-state index in [4.69, 9.17) is 0 Å². The molecule has 0 unspecified atom stereocenters. The topological polar surface area (TPSA) is 31.2 Å². The molecule has 0 bridgehead atoms. The van der Waals surface area contributed by atoms with Crippen molar-refractivity contribution >= 4 is 11.6 Å². The average Bonchev–Trinajstić information content (AvgIpc) is 2.07. The minimum Gasteiger partial charge on any atom is -0.280 e. The Kier molecular flexibility index (Phi) is 2.97. The zero-order valence-corrected chi connectivity index (χ0v) is 6.03. The molecule has 0 amide bonds. The van der Waals surface area contributed by atoms with Crippen LogP contribution in [0.1, 0.15) is 0 Å². The minimum absolute atomic E-state index is 0.410. The lowest BCUT2D eigenvalue weighted by Gasteiger charge is -1.95. The van der Waals surface area contributed by atoms with E-state index in [2.05, 4.69) is 5.32 Å². The summed E-state index contributed by atoms with van der Waals surface area (Å²) in [5, 5.41) is 4.08. The highest BCUT2D eigenvalue weighted by molar-refractivity contribution is 5.46. The summed E-state index contributed by atoms with van der Waals surface area (Å²) >= 11 is 0. The maximum Gasteiger partial charge on any atom is 0.121 e. The fraction of sp³-hybridized carbons (Fsp3) is 0.111. The van der Waals surface area contributed by atoms with E-state index < -0.39 is 0 Å². The predicted octanol–water partition coefficient (Wildman–Crippen LogP) is 1.31. The maximum atomic E-state index is 9.75. The Bertz CT molecular complexity index is 250. The van der Waals surface area contributed by atoms with E-state index in [0.29, 0.717) is 6.54 Å². The van der Waals surface area contributed by atoms with E-state index in [0.717, 1.165) is 5.69 Å². The molecule has 0 saturated carbocycles. The van der Waals surface area contributed by atoms with Gasteiger partial charge in [-0.15, -0.1) is 0 Å². The molecule has 1 aromatic rings. The summed E-state index contributed by atoms with van der Waals surface area (Å²) < 4.78 is 0. The van der Waals surface area contributed by atoms with Gasteiger partial charge in [0, 0.05) is 6.08 Å². The number of rotatable bonds is 3. The van der Waals surface area contributed by atoms with Crippen molar-refractivity contribution in [1.82, 2.24) is 5.32 Å². The summed E-state index contributed by atoms with van der Waals surface area (Å²) in [5.74, 6) is 1.67. The van der Waals surface area contributed by atoms with Crippen LogP contribution in [0.25, 0.3) is 0 Å². The maximum absolute atomic E-state index is 9.75. The molecule has 0 aromatic heterocycles. The molecule has 0 saturated heterocycles. The first-order valence-electron chi connectivity index (χ1n) is 3.35. The highest BCUT2D eigenvalue weighted by atomic mass is 16.1. The van der Waals surface area contributed by atoms with Crippen LogP contribution in [0.2, 0.25) is 0 Å². The van der Waals surface area contributed by atoms with Crippen molar-refractivity contribution < 1.29 is 4.79 Å². The molecule has 0 fully saturated rings. The van der Waals surface area contributed by atoms with E-state index in [-0.39, 0.29) is 0 Å². The number of benzene rings is 1. The summed E-state index contributed by atoms with van der Waals surface area (Å²) in [6.07, 6.45) is 1.35. The van der Waals surface area contributed by atoms with Crippen LogP contribution in [0.15, 0.2) is 36.4 Å². The van der Waals surface area contributed by atoms with Crippen LogP contribution in [-0.4, -0.2) is 12.5 Å². The molecule has 0 N–H and O–H groups in total. The van der Waals surface area contributed by atoms with Crippen LogP contribution in [-0.2, 0) is 4.79 Å². The molecule has 2 nitrogen and oxygen atoms in total. The van der Waals surface area contributed by atoms with Crippen molar-refractivity contribution in [3.05, 3.63) is 36.4 Å². The number of para-hydroxylation sites is 1. The standard InChI is InChI=1S/C9H8NO/c11-8-4-7-10-9-5-2-1-3-6-9/h1-6H,7H2. The number of nitrogens with zero attached hydrogens (tertiary/aromatic N) is 1. The third-order valence-corrected chi connectivity index (χ3v) is 1.20. The third-order valence-electron chi connectivity index (χ3n) is 1.20. The Morgan fingerprint density at radius 2 is 2.09 bits per heavy atom. The second-order valence-electron chi connectivity index (χ2n) is 2.00. The minimum atomic E-state index is 0.410. The second kappa shape index (κ2) is 4.31. The SMILES string of the molecule is O=C=CC[N]c1ccccc1. The highest BCUT2D eigenvalue weighted by Gasteiger charge is 1.86. The summed E-state index contributed by atoms with van der Waals surface area (Å²) in [5.41, 5.74) is 0.888. The van der Waals surface area contributed by atoms with Gasteiger partial charge in [0.1, 0.15) is 5.94 Å². The van der Waals surface area contributed by atoms with Crippen LogP contribution in [0.4, 0.5) is 5.69 Å². The lowest BCUT2D eigenvalue weighted by atomic mass is 10.3. The quantitative estimate of drug-likeness (QED) is 0.591. The van der Waals surface area contributed by atoms with E-state index in [1.807, 2.05) is 30.3 Å². The molecular formula is C9H8NO. The average molecular weight is 146 g/mol. The molecule has 11 heavy (non-hydrogen) atoms. The Morgan fingerprint density at radius 1 is 1.36 bits per heavy atom. The molecule has 1 aromatic carbocycles. The highest BCUT2D eigenvalue weighted by Crippen LogP contribution is 2.03. The van der Waals surface area contributed by atoms with Gasteiger partial charge in [-0.1, -0.05) is 18.2 Å². The summed E-state index contributed by atoms with van der Waals surface area (Å²) in [4.78, 5) is 9.75. The lowest BCUT2D eigenvalue weighted by molar-refractivity contribution is 0.568. The first-order chi connectivity index (χ1) is 5.43. The first-order valence-corrected chi connectivity index (χ1v) is 3.35. The molecule has 0 aliphatic heterocycles. The Labute approximate surface area is 65.5 Å². The number of carbonyl (C=O) groups excluding carboxylic acids is 1. The van der Waals surface area contributed by atoms with E-state index >= 15 is 0 Å². The van der Waals surface area contributed by atoms with Gasteiger partial charge in [-0.25, -0.2) is 4.79 Å². The van der Waals surface area contributed by atoms with E-state index in [9.17, 15) is 4.79 Å². The zero-order chi connectivity index (χ0) is 7.94. The summed E-state index contributed by atoms with van der Waals surface area (Å²) in [6, 6.07) is 9.51. The van der Waals surface area contributed by atoms with Crippen molar-refractivity contribution in [3.63, 3.8) is 0 Å². The molecule has 0 heterocycles. The molecule has 1 radical (unpaired) electrons. The fourth-order valence-corrected chi connectivity index (χ4v) is 0.722. The normalized spacial score (nSPS) is 8.36. The molecule has 55 valence electrons. The summed E-state index contributed by atoms with van der Waals surface area (Å²) in [7, 11) is 0. The van der Waals surface area contributed by atoms with Gasteiger partial charge in [0.2, 0.25) is 0 Å². The Hall–Kier alpha value is -1.53. The van der Waals surface area contributed by atoms with Crippen LogP contribution in [0.3, 0.4) is 0 Å². The zero-order valence-electron chi connectivity index (χ0n) is 6.03. The van der Waals surface area contributed by atoms with Gasteiger partial charge in [-0.05, 0) is 12.1 Å². The summed E-state index contributed by atoms with van der Waals surface area (Å²) in [6.45, 7) is 0.410. The van der Waals surface area contributed by atoms with E-state index in [1.54, 1.807) is 5.94 Å². The molecule has 0 aliphatic rings. The van der Waals surface area contributed by atoms with Crippen LogP contribution in [0, 0.1) is 0 Å². The largest absolute Gasteiger partial charge is 0.280 e. The smallest absolute Gasteiger partial charge is 0.121 e. The van der Waals surface area contributed by atoms with Crippen molar-refractivity contribution in [2.75, 3.05) is 6.54 Å². The second-order valence-corrected chi connectivity index (χ2v) is 2.00. The number of hydrogen-bond acceptors (Lipinski definition) is 1. The molecule has 0 atom stereocenters. The van der Waals surface area contributed by atoms with Crippen LogP contribution < -0.4 is 5.32 Å². The molecular weight excluding hydrogens is 138 g/mol. The van der Waals surface area contributed by atoms with Crippen LogP contribution >= 0.6 is 0 Å². The number of hydrogen-bond donors (Lipinski definition) is 0. The molecule has 0 spiro atoms. The van der Waals surface area contributed by atoms with Crippen molar-refractivity contribution in [2.45, 2.75) is 0 Å². The van der Waals surface area contributed by atoms with Gasteiger partial charge in [0.25, 0.3) is 0 Å². The molecule has 0 aliphatic carbocycles. The van der Waals surface area contributed by atoms with Gasteiger partial charge in [-0.2, -0.15) is 0 Å². The van der Waals surface area contributed by atoms with Gasteiger partial charge < -0.3 is 0 Å². The van der Waals surface area contributed by atoms with Gasteiger partial charge in [-0.3, -0.25) is 5.32 Å². The van der Waals surface area contributed by atoms with Crippen LogP contribution in [0.5, 0.6) is 0 Å². The predicted molar refractivity (Wildman–Crippen MR) is 43.4 cm³/mol. The molecule has 2 heteroatoms. The Morgan fingerprint density at radius 3 is 2.73 bits per heavy atom. The fourth-order valence-electron chi connectivity index (χ4n) is 0.722. The molecule has 1 rings (SSSR count). The van der Waals surface area contributed by atoms with Gasteiger partial charge >= 0.3 is 0 Å². The monoisotopic (exact) mass is 146 g/mol. The Balaban J connectivity index is 2.45. The van der Waals surface area contributed by atoms with E-state index in [1.165, 1.54) is 6.08 Å². The first kappa shape index (κ1) is 7.58. The third kappa shape index (κ3) is 2.70. The lowest BCUT2D eigenvalue weighted by Crippen LogP contribution is -1.95.